The highest BCUT2D eigenvalue weighted by atomic mass is 79.9. The lowest BCUT2D eigenvalue weighted by atomic mass is 10.3. The summed E-state index contributed by atoms with van der Waals surface area (Å²) in [6, 6.07) is 12.8. The van der Waals surface area contributed by atoms with Gasteiger partial charge in [0.2, 0.25) is 0 Å². The number of imidazole rings is 1. The number of hydrogen-bond acceptors (Lipinski definition) is 3. The van der Waals surface area contributed by atoms with Crippen molar-refractivity contribution in [3.05, 3.63) is 51.7 Å². The molecule has 0 saturated carbocycles. The Morgan fingerprint density at radius 3 is 2.52 bits per heavy atom. The van der Waals surface area contributed by atoms with Crippen molar-refractivity contribution in [2.45, 2.75) is 4.90 Å². The predicted molar refractivity (Wildman–Crippen MR) is 89.3 cm³/mol. The Bertz CT molecular complexity index is 1000. The molecular weight excluding hydrogens is 372 g/mol. The minimum Gasteiger partial charge on any atom is -0.329 e. The fourth-order valence-corrected chi connectivity index (χ4v) is 3.90. The zero-order valence-electron chi connectivity index (χ0n) is 11.0. The van der Waals surface area contributed by atoms with Gasteiger partial charge in [0.15, 0.2) is 14.6 Å². The average molecular weight is 383 g/mol. The van der Waals surface area contributed by atoms with E-state index in [9.17, 15) is 8.42 Å². The summed E-state index contributed by atoms with van der Waals surface area (Å²) in [6.07, 6.45) is 1.19. The standard InChI is InChI=1S/C14H11BrN2O2S2/c1-21(18,19)12-8-4-7-11-13(12)16-14(20)17(11)10-6-3-2-5-9(10)15/h2-8H,1H3,(H,16,20). The number of aromatic nitrogens is 2. The summed E-state index contributed by atoms with van der Waals surface area (Å²) in [5.41, 5.74) is 2.12. The van der Waals surface area contributed by atoms with Gasteiger partial charge in [-0.25, -0.2) is 8.42 Å². The summed E-state index contributed by atoms with van der Waals surface area (Å²) in [5, 5.41) is 0. The highest BCUT2D eigenvalue weighted by Crippen LogP contribution is 2.28. The fourth-order valence-electron chi connectivity index (χ4n) is 2.28. The van der Waals surface area contributed by atoms with Crippen LogP contribution in [-0.2, 0) is 9.84 Å². The van der Waals surface area contributed by atoms with E-state index >= 15 is 0 Å². The lowest BCUT2D eigenvalue weighted by Gasteiger charge is -2.07. The first-order valence-corrected chi connectivity index (χ1v) is 9.17. The van der Waals surface area contributed by atoms with Crippen molar-refractivity contribution in [3.8, 4) is 5.69 Å². The van der Waals surface area contributed by atoms with E-state index in [0.29, 0.717) is 10.3 Å². The zero-order valence-corrected chi connectivity index (χ0v) is 14.2. The molecule has 0 bridgehead atoms. The number of aromatic amines is 1. The van der Waals surface area contributed by atoms with Crippen molar-refractivity contribution in [3.63, 3.8) is 0 Å². The molecule has 1 aromatic heterocycles. The third kappa shape index (κ3) is 2.45. The molecule has 0 amide bonds. The van der Waals surface area contributed by atoms with E-state index in [1.807, 2.05) is 34.9 Å². The SMILES string of the molecule is CS(=O)(=O)c1cccc2c1[nH]c(=S)n2-c1ccccc1Br. The highest BCUT2D eigenvalue weighted by Gasteiger charge is 2.16. The number of para-hydroxylation sites is 2. The molecular formula is C14H11BrN2O2S2. The first kappa shape index (κ1) is 14.5. The van der Waals surface area contributed by atoms with E-state index in [1.54, 1.807) is 12.1 Å². The average Bonchev–Trinajstić information content (AvgIpc) is 2.74. The number of halogens is 1. The molecule has 0 aliphatic rings. The molecule has 3 rings (SSSR count). The Morgan fingerprint density at radius 2 is 1.86 bits per heavy atom. The van der Waals surface area contributed by atoms with Crippen LogP contribution in [0, 0.1) is 4.77 Å². The molecule has 1 N–H and O–H groups in total. The minimum atomic E-state index is -3.33. The highest BCUT2D eigenvalue weighted by molar-refractivity contribution is 9.10. The van der Waals surface area contributed by atoms with Crippen molar-refractivity contribution in [2.24, 2.45) is 0 Å². The summed E-state index contributed by atoms with van der Waals surface area (Å²) in [6.45, 7) is 0. The second kappa shape index (κ2) is 5.08. The normalized spacial score (nSPS) is 11.9. The molecule has 21 heavy (non-hydrogen) atoms. The van der Waals surface area contributed by atoms with Gasteiger partial charge in [-0.3, -0.25) is 4.57 Å². The first-order valence-electron chi connectivity index (χ1n) is 6.08. The Balaban J connectivity index is 2.45. The topological polar surface area (TPSA) is 54.9 Å². The first-order chi connectivity index (χ1) is 9.89. The van der Waals surface area contributed by atoms with Gasteiger partial charge in [0, 0.05) is 10.7 Å². The lowest BCUT2D eigenvalue weighted by Crippen LogP contribution is -1.99. The van der Waals surface area contributed by atoms with Crippen LogP contribution in [0.2, 0.25) is 0 Å². The van der Waals surface area contributed by atoms with Crippen LogP contribution in [0.25, 0.3) is 16.7 Å². The van der Waals surface area contributed by atoms with Gasteiger partial charge in [0.25, 0.3) is 0 Å². The van der Waals surface area contributed by atoms with E-state index in [4.69, 9.17) is 12.2 Å². The van der Waals surface area contributed by atoms with E-state index in [-0.39, 0.29) is 4.90 Å². The van der Waals surface area contributed by atoms with Crippen LogP contribution in [0.5, 0.6) is 0 Å². The molecule has 0 saturated heterocycles. The van der Waals surface area contributed by atoms with Crippen molar-refractivity contribution in [1.82, 2.24) is 9.55 Å². The predicted octanol–water partition coefficient (Wildman–Crippen LogP) is 3.85. The molecule has 0 atom stereocenters. The van der Waals surface area contributed by atoms with Crippen LogP contribution in [0.3, 0.4) is 0 Å². The molecule has 0 radical (unpaired) electrons. The maximum Gasteiger partial charge on any atom is 0.182 e. The molecule has 0 fully saturated rings. The molecule has 0 aliphatic heterocycles. The second-order valence-electron chi connectivity index (χ2n) is 4.64. The number of hydrogen-bond donors (Lipinski definition) is 1. The molecule has 7 heteroatoms. The molecule has 108 valence electrons. The van der Waals surface area contributed by atoms with Crippen LogP contribution in [0.15, 0.2) is 51.8 Å². The Labute approximate surface area is 135 Å². The summed E-state index contributed by atoms with van der Waals surface area (Å²) in [7, 11) is -3.33. The Morgan fingerprint density at radius 1 is 1.14 bits per heavy atom. The second-order valence-corrected chi connectivity index (χ2v) is 7.86. The molecule has 2 aromatic carbocycles. The van der Waals surface area contributed by atoms with Gasteiger partial charge in [-0.1, -0.05) is 18.2 Å². The van der Waals surface area contributed by atoms with Crippen molar-refractivity contribution in [2.75, 3.05) is 6.26 Å². The van der Waals surface area contributed by atoms with Crippen LogP contribution in [0.4, 0.5) is 0 Å². The molecule has 4 nitrogen and oxygen atoms in total. The number of fused-ring (bicyclic) bond motifs is 1. The third-order valence-corrected chi connectivity index (χ3v) is 5.27. The van der Waals surface area contributed by atoms with Gasteiger partial charge >= 0.3 is 0 Å². The van der Waals surface area contributed by atoms with Crippen LogP contribution < -0.4 is 0 Å². The van der Waals surface area contributed by atoms with Crippen LogP contribution in [0.1, 0.15) is 0 Å². The largest absolute Gasteiger partial charge is 0.329 e. The monoisotopic (exact) mass is 382 g/mol. The summed E-state index contributed by atoms with van der Waals surface area (Å²) in [4.78, 5) is 3.25. The number of H-pyrrole nitrogens is 1. The van der Waals surface area contributed by atoms with E-state index < -0.39 is 9.84 Å². The number of sulfone groups is 1. The number of rotatable bonds is 2. The number of benzene rings is 2. The lowest BCUT2D eigenvalue weighted by molar-refractivity contribution is 0.602. The van der Waals surface area contributed by atoms with Crippen molar-refractivity contribution >= 4 is 49.0 Å². The molecule has 0 unspecified atom stereocenters. The van der Waals surface area contributed by atoms with Gasteiger partial charge in [-0.15, -0.1) is 0 Å². The molecule has 0 spiro atoms. The molecule has 0 aliphatic carbocycles. The summed E-state index contributed by atoms with van der Waals surface area (Å²) in [5.74, 6) is 0. The Kier molecular flexibility index (Phi) is 3.51. The maximum atomic E-state index is 11.9. The van der Waals surface area contributed by atoms with Crippen molar-refractivity contribution < 1.29 is 8.42 Å². The van der Waals surface area contributed by atoms with E-state index in [2.05, 4.69) is 20.9 Å². The summed E-state index contributed by atoms with van der Waals surface area (Å²) >= 11 is 8.87. The van der Waals surface area contributed by atoms with Crippen LogP contribution >= 0.6 is 28.1 Å². The summed E-state index contributed by atoms with van der Waals surface area (Å²) < 4.78 is 27.0. The quantitative estimate of drug-likeness (QED) is 0.684. The van der Waals surface area contributed by atoms with E-state index in [1.165, 1.54) is 6.26 Å². The minimum absolute atomic E-state index is 0.247. The van der Waals surface area contributed by atoms with Gasteiger partial charge in [-0.05, 0) is 52.4 Å². The number of nitrogens with zero attached hydrogens (tertiary/aromatic N) is 1. The number of nitrogens with one attached hydrogen (secondary N) is 1. The molecule has 1 heterocycles. The molecule has 3 aromatic rings. The van der Waals surface area contributed by atoms with E-state index in [0.717, 1.165) is 15.7 Å². The fraction of sp³-hybridized carbons (Fsp3) is 0.0714. The maximum absolute atomic E-state index is 11.9. The Hall–Kier alpha value is -1.44. The van der Waals surface area contributed by atoms with Gasteiger partial charge in [0.05, 0.1) is 21.6 Å². The van der Waals surface area contributed by atoms with Gasteiger partial charge in [-0.2, -0.15) is 0 Å². The van der Waals surface area contributed by atoms with Gasteiger partial charge < -0.3 is 4.98 Å². The van der Waals surface area contributed by atoms with Crippen molar-refractivity contribution in [1.29, 1.82) is 0 Å². The van der Waals surface area contributed by atoms with Crippen LogP contribution in [-0.4, -0.2) is 24.2 Å². The third-order valence-electron chi connectivity index (χ3n) is 3.17. The smallest absolute Gasteiger partial charge is 0.182 e. The van der Waals surface area contributed by atoms with Gasteiger partial charge in [0.1, 0.15) is 0 Å². The zero-order chi connectivity index (χ0) is 15.2.